The van der Waals surface area contributed by atoms with Crippen molar-refractivity contribution in [3.63, 3.8) is 0 Å². The number of carbonyl (C=O) groups is 2. The van der Waals surface area contributed by atoms with Crippen molar-refractivity contribution >= 4 is 11.8 Å². The molecular formula is C13H25N3O2. The van der Waals surface area contributed by atoms with Crippen molar-refractivity contribution < 1.29 is 9.59 Å². The molecule has 1 rings (SSSR count). The Morgan fingerprint density at radius 2 is 1.89 bits per heavy atom. The fourth-order valence-electron chi connectivity index (χ4n) is 2.31. The van der Waals surface area contributed by atoms with Crippen LogP contribution in [0.3, 0.4) is 0 Å². The van der Waals surface area contributed by atoms with Crippen molar-refractivity contribution in [2.75, 3.05) is 19.6 Å². The van der Waals surface area contributed by atoms with Crippen molar-refractivity contribution in [1.82, 2.24) is 4.90 Å². The van der Waals surface area contributed by atoms with E-state index in [2.05, 4.69) is 0 Å². The lowest BCUT2D eigenvalue weighted by molar-refractivity contribution is -0.131. The highest BCUT2D eigenvalue weighted by atomic mass is 16.2. The lowest BCUT2D eigenvalue weighted by Gasteiger charge is -2.21. The second-order valence-electron chi connectivity index (χ2n) is 5.44. The van der Waals surface area contributed by atoms with Gasteiger partial charge in [-0.2, -0.15) is 0 Å². The average molecular weight is 255 g/mol. The lowest BCUT2D eigenvalue weighted by Crippen LogP contribution is -2.38. The highest BCUT2D eigenvalue weighted by Crippen LogP contribution is 2.29. The van der Waals surface area contributed by atoms with Gasteiger partial charge in [0, 0.05) is 19.5 Å². The van der Waals surface area contributed by atoms with Crippen LogP contribution in [0.1, 0.15) is 45.4 Å². The van der Waals surface area contributed by atoms with Crippen LogP contribution >= 0.6 is 0 Å². The Bertz CT molecular complexity index is 307. The summed E-state index contributed by atoms with van der Waals surface area (Å²) in [5.41, 5.74) is 10.2. The molecule has 1 unspecified atom stereocenters. The molecule has 4 N–H and O–H groups in total. The number of carbonyl (C=O) groups excluding carboxylic acids is 2. The summed E-state index contributed by atoms with van der Waals surface area (Å²) in [5, 5.41) is 0. The first-order chi connectivity index (χ1) is 8.49. The normalized spacial score (nSPS) is 23.3. The van der Waals surface area contributed by atoms with Crippen LogP contribution in [0.2, 0.25) is 0 Å². The van der Waals surface area contributed by atoms with Crippen LogP contribution in [0.25, 0.3) is 0 Å². The van der Waals surface area contributed by atoms with E-state index in [1.54, 1.807) is 4.90 Å². The Kier molecular flexibility index (Phi) is 5.59. The van der Waals surface area contributed by atoms with Gasteiger partial charge in [-0.15, -0.1) is 0 Å². The summed E-state index contributed by atoms with van der Waals surface area (Å²) in [7, 11) is 0. The summed E-state index contributed by atoms with van der Waals surface area (Å²) in [6, 6.07) is 0. The van der Waals surface area contributed by atoms with Gasteiger partial charge in [0.2, 0.25) is 11.8 Å². The Balaban J connectivity index is 2.26. The number of rotatable bonds is 7. The van der Waals surface area contributed by atoms with Crippen LogP contribution in [0, 0.1) is 5.41 Å². The number of primary amides is 1. The summed E-state index contributed by atoms with van der Waals surface area (Å²) < 4.78 is 0. The lowest BCUT2D eigenvalue weighted by atomic mass is 9.89. The number of hydrogen-bond donors (Lipinski definition) is 2. The van der Waals surface area contributed by atoms with Gasteiger partial charge in [0.15, 0.2) is 0 Å². The van der Waals surface area contributed by atoms with E-state index in [0.717, 1.165) is 32.2 Å². The van der Waals surface area contributed by atoms with Crippen molar-refractivity contribution in [3.05, 3.63) is 0 Å². The Morgan fingerprint density at radius 1 is 1.22 bits per heavy atom. The molecule has 0 radical (unpaired) electrons. The molecule has 0 spiro atoms. The maximum Gasteiger partial charge on any atom is 0.225 e. The molecule has 0 aromatic carbocycles. The SMILES string of the molecule is CC1(C(N)=O)CCN(C(=O)CCCCCCN)C1. The van der Waals surface area contributed by atoms with Crippen molar-refractivity contribution in [2.45, 2.75) is 45.4 Å². The van der Waals surface area contributed by atoms with Crippen LogP contribution in [0.5, 0.6) is 0 Å². The molecule has 1 saturated heterocycles. The van der Waals surface area contributed by atoms with E-state index in [9.17, 15) is 9.59 Å². The number of nitrogens with two attached hydrogens (primary N) is 2. The van der Waals surface area contributed by atoms with Gasteiger partial charge in [-0.05, 0) is 32.7 Å². The third kappa shape index (κ3) is 3.98. The highest BCUT2D eigenvalue weighted by molar-refractivity contribution is 5.83. The molecule has 2 amide bonds. The van der Waals surface area contributed by atoms with Gasteiger partial charge in [-0.25, -0.2) is 0 Å². The van der Waals surface area contributed by atoms with E-state index < -0.39 is 5.41 Å². The first-order valence-electron chi connectivity index (χ1n) is 6.77. The first kappa shape index (κ1) is 15.0. The first-order valence-corrected chi connectivity index (χ1v) is 6.77. The fourth-order valence-corrected chi connectivity index (χ4v) is 2.31. The number of nitrogens with zero attached hydrogens (tertiary/aromatic N) is 1. The quantitative estimate of drug-likeness (QED) is 0.653. The zero-order chi connectivity index (χ0) is 13.6. The molecule has 1 aliphatic rings. The van der Waals surface area contributed by atoms with Crippen LogP contribution < -0.4 is 11.5 Å². The zero-order valence-corrected chi connectivity index (χ0v) is 11.3. The van der Waals surface area contributed by atoms with Gasteiger partial charge in [0.1, 0.15) is 0 Å². The molecule has 0 aliphatic carbocycles. The largest absolute Gasteiger partial charge is 0.369 e. The Labute approximate surface area is 109 Å². The topological polar surface area (TPSA) is 89.4 Å². The molecule has 1 heterocycles. The number of likely N-dealkylation sites (tertiary alicyclic amines) is 1. The van der Waals surface area contributed by atoms with E-state index in [1.807, 2.05) is 6.92 Å². The van der Waals surface area contributed by atoms with Gasteiger partial charge in [-0.3, -0.25) is 9.59 Å². The van der Waals surface area contributed by atoms with Gasteiger partial charge in [0.25, 0.3) is 0 Å². The van der Waals surface area contributed by atoms with Crippen LogP contribution in [-0.4, -0.2) is 36.3 Å². The predicted octanol–water partition coefficient (Wildman–Crippen LogP) is 0.620. The molecule has 5 heteroatoms. The molecule has 0 aromatic rings. The van der Waals surface area contributed by atoms with E-state index in [-0.39, 0.29) is 11.8 Å². The number of hydrogen-bond acceptors (Lipinski definition) is 3. The summed E-state index contributed by atoms with van der Waals surface area (Å²) >= 11 is 0. The fraction of sp³-hybridized carbons (Fsp3) is 0.846. The van der Waals surface area contributed by atoms with Crippen molar-refractivity contribution in [1.29, 1.82) is 0 Å². The smallest absolute Gasteiger partial charge is 0.225 e. The number of unbranched alkanes of at least 4 members (excludes halogenated alkanes) is 3. The molecule has 18 heavy (non-hydrogen) atoms. The molecule has 104 valence electrons. The maximum atomic E-state index is 11.9. The average Bonchev–Trinajstić information content (AvgIpc) is 2.73. The van der Waals surface area contributed by atoms with Crippen LogP contribution in [0.15, 0.2) is 0 Å². The standard InChI is InChI=1S/C13H25N3O2/c1-13(12(15)18)7-9-16(10-13)11(17)6-4-2-3-5-8-14/h2-10,14H2,1H3,(H2,15,18). The number of amides is 2. The molecule has 5 nitrogen and oxygen atoms in total. The molecule has 1 atom stereocenters. The Hall–Kier alpha value is -1.10. The minimum Gasteiger partial charge on any atom is -0.369 e. The predicted molar refractivity (Wildman–Crippen MR) is 70.6 cm³/mol. The van der Waals surface area contributed by atoms with Gasteiger partial charge < -0.3 is 16.4 Å². The monoisotopic (exact) mass is 255 g/mol. The summed E-state index contributed by atoms with van der Waals surface area (Å²) in [4.78, 5) is 25.0. The second-order valence-corrected chi connectivity index (χ2v) is 5.44. The van der Waals surface area contributed by atoms with Crippen LogP contribution in [-0.2, 0) is 9.59 Å². The van der Waals surface area contributed by atoms with Gasteiger partial charge >= 0.3 is 0 Å². The highest BCUT2D eigenvalue weighted by Gasteiger charge is 2.40. The molecule has 0 bridgehead atoms. The summed E-state index contributed by atoms with van der Waals surface area (Å²) in [5.74, 6) is -0.159. The van der Waals surface area contributed by atoms with Crippen molar-refractivity contribution in [3.8, 4) is 0 Å². The molecule has 1 aliphatic heterocycles. The minimum atomic E-state index is -0.533. The van der Waals surface area contributed by atoms with E-state index in [1.165, 1.54) is 0 Å². The van der Waals surface area contributed by atoms with Crippen molar-refractivity contribution in [2.24, 2.45) is 16.9 Å². The van der Waals surface area contributed by atoms with Gasteiger partial charge in [-0.1, -0.05) is 12.8 Å². The summed E-state index contributed by atoms with van der Waals surface area (Å²) in [6.07, 6.45) is 5.31. The van der Waals surface area contributed by atoms with E-state index in [4.69, 9.17) is 11.5 Å². The zero-order valence-electron chi connectivity index (χ0n) is 11.3. The second kappa shape index (κ2) is 6.73. The minimum absolute atomic E-state index is 0.146. The summed E-state index contributed by atoms with van der Waals surface area (Å²) in [6.45, 7) is 3.69. The van der Waals surface area contributed by atoms with E-state index >= 15 is 0 Å². The van der Waals surface area contributed by atoms with E-state index in [0.29, 0.717) is 25.9 Å². The molecule has 1 fully saturated rings. The maximum absolute atomic E-state index is 11.9. The third-order valence-electron chi connectivity index (χ3n) is 3.77. The Morgan fingerprint density at radius 3 is 2.44 bits per heavy atom. The molecular weight excluding hydrogens is 230 g/mol. The molecule has 0 saturated carbocycles. The molecule has 0 aromatic heterocycles. The van der Waals surface area contributed by atoms with Gasteiger partial charge in [0.05, 0.1) is 5.41 Å². The van der Waals surface area contributed by atoms with Crippen LogP contribution in [0.4, 0.5) is 0 Å². The third-order valence-corrected chi connectivity index (χ3v) is 3.77.